The van der Waals surface area contributed by atoms with Gasteiger partial charge in [-0.15, -0.1) is 0 Å². The van der Waals surface area contributed by atoms with Gasteiger partial charge in [0, 0.05) is 27.8 Å². The molecule has 6 aromatic carbocycles. The predicted octanol–water partition coefficient (Wildman–Crippen LogP) is 9.54. The molecule has 0 amide bonds. The topological polar surface area (TPSA) is 49.4 Å². The van der Waals surface area contributed by atoms with Gasteiger partial charge in [-0.1, -0.05) is 164 Å². The van der Waals surface area contributed by atoms with Gasteiger partial charge in [-0.25, -0.2) is 15.0 Å². The summed E-state index contributed by atoms with van der Waals surface area (Å²) in [6.45, 7) is 4.29. The summed E-state index contributed by atoms with van der Waals surface area (Å²) in [7, 11) is 0. The number of aryl methyl sites for hydroxylation is 2. The van der Waals surface area contributed by atoms with Crippen molar-refractivity contribution < 1.29 is 0 Å². The van der Waals surface area contributed by atoms with Gasteiger partial charge in [-0.05, 0) is 36.1 Å². The maximum Gasteiger partial charge on any atom is 0.226 e. The Kier molecular flexibility index (Phi) is 7.34. The zero-order chi connectivity index (χ0) is 32.6. The van der Waals surface area contributed by atoms with Gasteiger partial charge in [0.15, 0.2) is 0 Å². The second kappa shape index (κ2) is 12.0. The van der Waals surface area contributed by atoms with E-state index >= 15 is 0 Å². The quantitative estimate of drug-likeness (QED) is 0.171. The van der Waals surface area contributed by atoms with Crippen molar-refractivity contribution in [3.8, 4) is 11.1 Å². The molecule has 2 heterocycles. The van der Waals surface area contributed by atoms with Gasteiger partial charge in [0.05, 0.1) is 23.3 Å². The van der Waals surface area contributed by atoms with Crippen LogP contribution in [-0.4, -0.2) is 23.3 Å². The fourth-order valence-corrected chi connectivity index (χ4v) is 7.06. The van der Waals surface area contributed by atoms with E-state index in [9.17, 15) is 0 Å². The Balaban J connectivity index is 1.54. The minimum absolute atomic E-state index is 0.797. The van der Waals surface area contributed by atoms with E-state index in [-0.39, 0.29) is 0 Å². The minimum Gasteiger partial charge on any atom is -0.251 e. The van der Waals surface area contributed by atoms with Crippen LogP contribution in [0.15, 0.2) is 184 Å². The molecule has 0 radical (unpaired) electrons. The molecule has 0 spiro atoms. The van der Waals surface area contributed by atoms with Crippen LogP contribution in [0.5, 0.6) is 0 Å². The minimum atomic E-state index is -1.28. The van der Waals surface area contributed by atoms with Gasteiger partial charge in [0.1, 0.15) is 0 Å². The molecule has 1 unspecified atom stereocenters. The number of nitrogens with zero attached hydrogens (tertiary/aromatic N) is 4. The van der Waals surface area contributed by atoms with Crippen LogP contribution in [0.2, 0.25) is 0 Å². The molecule has 1 atom stereocenters. The first-order valence-corrected chi connectivity index (χ1v) is 16.3. The Labute approximate surface area is 281 Å². The van der Waals surface area contributed by atoms with E-state index < -0.39 is 11.3 Å². The van der Waals surface area contributed by atoms with E-state index in [0.717, 1.165) is 67.2 Å². The highest BCUT2D eigenvalue weighted by molar-refractivity contribution is 6.54. The molecule has 0 bridgehead atoms. The third kappa shape index (κ3) is 4.76. The normalized spacial score (nSPS) is 17.9. The standard InChI is InChI=1S/C44H34N4/c1-31-18-15-16-29-38(31)43(47-41(35-24-11-5-12-25-35)42(48-43)36-26-13-6-14-27-36)44(45-30-39(46-44)34-22-9-4-10-23-34)40-32(2)19-17-28-37(40)33-20-7-3-8-21-33/h3-30H,1-2H3. The number of rotatable bonds is 7. The van der Waals surface area contributed by atoms with Crippen molar-refractivity contribution in [1.82, 2.24) is 0 Å². The van der Waals surface area contributed by atoms with Gasteiger partial charge in [-0.3, -0.25) is 4.99 Å². The van der Waals surface area contributed by atoms with Crippen molar-refractivity contribution >= 4 is 23.3 Å². The first-order valence-electron chi connectivity index (χ1n) is 16.3. The van der Waals surface area contributed by atoms with Crippen LogP contribution in [-0.2, 0) is 11.3 Å². The summed E-state index contributed by atoms with van der Waals surface area (Å²) >= 11 is 0. The number of hydrogen-bond acceptors (Lipinski definition) is 4. The van der Waals surface area contributed by atoms with Crippen LogP contribution in [0.25, 0.3) is 11.1 Å². The molecule has 0 saturated carbocycles. The second-order valence-electron chi connectivity index (χ2n) is 12.3. The molecular formula is C44H34N4. The Morgan fingerprint density at radius 2 is 0.875 bits per heavy atom. The summed E-state index contributed by atoms with van der Waals surface area (Å²) in [6, 6.07) is 56.4. The van der Waals surface area contributed by atoms with Gasteiger partial charge >= 0.3 is 0 Å². The lowest BCUT2D eigenvalue weighted by Gasteiger charge is -2.40. The monoisotopic (exact) mass is 618 g/mol. The number of benzene rings is 6. The Hall–Kier alpha value is -6.00. The highest BCUT2D eigenvalue weighted by Gasteiger charge is 2.61. The molecule has 4 heteroatoms. The second-order valence-corrected chi connectivity index (χ2v) is 12.3. The molecular weight excluding hydrogens is 585 g/mol. The first kappa shape index (κ1) is 29.4. The zero-order valence-corrected chi connectivity index (χ0v) is 27.0. The largest absolute Gasteiger partial charge is 0.251 e. The fourth-order valence-electron chi connectivity index (χ4n) is 7.06. The third-order valence-corrected chi connectivity index (χ3v) is 9.30. The van der Waals surface area contributed by atoms with Crippen LogP contribution >= 0.6 is 0 Å². The van der Waals surface area contributed by atoms with Crippen molar-refractivity contribution in [1.29, 1.82) is 0 Å². The molecule has 6 aromatic rings. The highest BCUT2D eigenvalue weighted by Crippen LogP contribution is 2.56. The van der Waals surface area contributed by atoms with Gasteiger partial charge in [-0.2, -0.15) is 0 Å². The van der Waals surface area contributed by atoms with Crippen molar-refractivity contribution in [3.63, 3.8) is 0 Å². The van der Waals surface area contributed by atoms with Gasteiger partial charge < -0.3 is 0 Å². The third-order valence-electron chi connectivity index (χ3n) is 9.30. The smallest absolute Gasteiger partial charge is 0.226 e. The Morgan fingerprint density at radius 1 is 0.396 bits per heavy atom. The summed E-state index contributed by atoms with van der Waals surface area (Å²) in [6.07, 6.45) is 1.92. The van der Waals surface area contributed by atoms with Crippen LogP contribution in [0, 0.1) is 13.8 Å². The molecule has 0 saturated heterocycles. The summed E-state index contributed by atoms with van der Waals surface area (Å²) in [5.41, 5.74) is 9.08. The van der Waals surface area contributed by atoms with E-state index in [1.54, 1.807) is 0 Å². The van der Waals surface area contributed by atoms with E-state index in [4.69, 9.17) is 20.0 Å². The molecule has 4 nitrogen and oxygen atoms in total. The van der Waals surface area contributed by atoms with Crippen molar-refractivity contribution in [3.05, 3.63) is 203 Å². The van der Waals surface area contributed by atoms with Crippen LogP contribution < -0.4 is 0 Å². The van der Waals surface area contributed by atoms with Gasteiger partial charge in [0.25, 0.3) is 0 Å². The lowest BCUT2D eigenvalue weighted by molar-refractivity contribution is 0.256. The van der Waals surface area contributed by atoms with E-state index in [2.05, 4.69) is 141 Å². The van der Waals surface area contributed by atoms with Crippen LogP contribution in [0.3, 0.4) is 0 Å². The predicted molar refractivity (Wildman–Crippen MR) is 199 cm³/mol. The summed E-state index contributed by atoms with van der Waals surface area (Å²) in [5, 5.41) is 0. The lowest BCUT2D eigenvalue weighted by atomic mass is 9.76. The maximum absolute atomic E-state index is 5.81. The Bertz CT molecular complexity index is 2180. The molecule has 48 heavy (non-hydrogen) atoms. The highest BCUT2D eigenvalue weighted by atomic mass is 15.3. The SMILES string of the molecule is Cc1ccccc1C1(C2(c3c(C)cccc3-c3ccccc3)N=CC(c3ccccc3)=N2)N=C(c2ccccc2)C(c2ccccc2)=N1. The number of hydrogen-bond donors (Lipinski definition) is 0. The molecule has 8 rings (SSSR count). The molecule has 0 aliphatic carbocycles. The number of aliphatic imine (C=N–C) groups is 4. The maximum atomic E-state index is 5.81. The molecule has 0 aromatic heterocycles. The average molecular weight is 619 g/mol. The van der Waals surface area contributed by atoms with E-state index in [1.165, 1.54) is 0 Å². The fraction of sp³-hybridized carbons (Fsp3) is 0.0909. The first-order chi connectivity index (χ1) is 23.6. The average Bonchev–Trinajstić information content (AvgIpc) is 3.78. The Morgan fingerprint density at radius 3 is 1.44 bits per heavy atom. The van der Waals surface area contributed by atoms with Crippen molar-refractivity contribution in [2.75, 3.05) is 0 Å². The molecule has 230 valence electrons. The summed E-state index contributed by atoms with van der Waals surface area (Å²) in [4.78, 5) is 22.9. The molecule has 0 fully saturated rings. The summed E-state index contributed by atoms with van der Waals surface area (Å²) < 4.78 is 0. The van der Waals surface area contributed by atoms with E-state index in [1.807, 2.05) is 42.6 Å². The molecule has 2 aliphatic rings. The zero-order valence-electron chi connectivity index (χ0n) is 27.0. The van der Waals surface area contributed by atoms with Crippen molar-refractivity contribution in [2.24, 2.45) is 20.0 Å². The lowest BCUT2D eigenvalue weighted by Crippen LogP contribution is -2.44. The van der Waals surface area contributed by atoms with Gasteiger partial charge in [0.2, 0.25) is 11.3 Å². The van der Waals surface area contributed by atoms with E-state index in [0.29, 0.717) is 0 Å². The summed E-state index contributed by atoms with van der Waals surface area (Å²) in [5.74, 6) is 0. The molecule has 2 aliphatic heterocycles. The molecule has 0 N–H and O–H groups in total. The van der Waals surface area contributed by atoms with Crippen LogP contribution in [0.1, 0.15) is 38.9 Å². The van der Waals surface area contributed by atoms with Crippen LogP contribution in [0.4, 0.5) is 0 Å². The van der Waals surface area contributed by atoms with Crippen molar-refractivity contribution in [2.45, 2.75) is 25.2 Å².